The average Bonchev–Trinajstić information content (AvgIpc) is 2.71. The molecule has 0 bridgehead atoms. The first-order valence-corrected chi connectivity index (χ1v) is 5.37. The highest BCUT2D eigenvalue weighted by molar-refractivity contribution is 5.78. The van der Waals surface area contributed by atoms with Crippen LogP contribution in [0.5, 0.6) is 0 Å². The van der Waals surface area contributed by atoms with Crippen molar-refractivity contribution in [2.75, 3.05) is 6.54 Å². The molecular formula is C11H16N4O. The maximum atomic E-state index is 9.86. The number of nitrogens with two attached hydrogens (primary N) is 1. The van der Waals surface area contributed by atoms with E-state index in [-0.39, 0.29) is 12.6 Å². The highest BCUT2D eigenvalue weighted by Crippen LogP contribution is 2.24. The molecule has 1 aromatic carbocycles. The standard InChI is InChI=1S/C11H16N4O/c1-7(2)15-11-8(10(16)6-12)4-3-5-9(11)13-14-15/h3-5,7,10,16H,6,12H2,1-2H3. The van der Waals surface area contributed by atoms with E-state index in [1.165, 1.54) is 0 Å². The number of para-hydroxylation sites is 1. The Morgan fingerprint density at radius 3 is 2.81 bits per heavy atom. The second kappa shape index (κ2) is 4.19. The van der Waals surface area contributed by atoms with E-state index in [0.29, 0.717) is 0 Å². The van der Waals surface area contributed by atoms with Crippen LogP contribution in [0.25, 0.3) is 11.0 Å². The van der Waals surface area contributed by atoms with Crippen LogP contribution in [0.15, 0.2) is 18.2 Å². The summed E-state index contributed by atoms with van der Waals surface area (Å²) in [5.74, 6) is 0. The first-order chi connectivity index (χ1) is 7.65. The number of fused-ring (bicyclic) bond motifs is 1. The molecule has 0 aliphatic carbocycles. The van der Waals surface area contributed by atoms with Crippen LogP contribution in [-0.2, 0) is 0 Å². The molecule has 0 spiro atoms. The summed E-state index contributed by atoms with van der Waals surface area (Å²) in [7, 11) is 0. The van der Waals surface area contributed by atoms with E-state index in [4.69, 9.17) is 5.73 Å². The van der Waals surface area contributed by atoms with Gasteiger partial charge in [-0.1, -0.05) is 17.3 Å². The Morgan fingerprint density at radius 1 is 1.44 bits per heavy atom. The summed E-state index contributed by atoms with van der Waals surface area (Å²) in [5.41, 5.74) is 7.94. The summed E-state index contributed by atoms with van der Waals surface area (Å²) >= 11 is 0. The number of hydrogen-bond acceptors (Lipinski definition) is 4. The summed E-state index contributed by atoms with van der Waals surface area (Å²) in [4.78, 5) is 0. The van der Waals surface area contributed by atoms with Crippen molar-refractivity contribution in [3.63, 3.8) is 0 Å². The zero-order valence-corrected chi connectivity index (χ0v) is 9.46. The normalized spacial score (nSPS) is 13.6. The van der Waals surface area contributed by atoms with Crippen LogP contribution in [0.1, 0.15) is 31.6 Å². The third kappa shape index (κ3) is 1.68. The summed E-state index contributed by atoms with van der Waals surface area (Å²) < 4.78 is 1.81. The largest absolute Gasteiger partial charge is 0.387 e. The molecule has 0 aliphatic heterocycles. The van der Waals surface area contributed by atoms with Gasteiger partial charge >= 0.3 is 0 Å². The van der Waals surface area contributed by atoms with Gasteiger partial charge in [0.2, 0.25) is 0 Å². The van der Waals surface area contributed by atoms with Crippen LogP contribution in [0.2, 0.25) is 0 Å². The zero-order valence-electron chi connectivity index (χ0n) is 9.46. The van der Waals surface area contributed by atoms with Crippen molar-refractivity contribution in [1.29, 1.82) is 0 Å². The first-order valence-electron chi connectivity index (χ1n) is 5.37. The molecule has 1 heterocycles. The van der Waals surface area contributed by atoms with Crippen molar-refractivity contribution in [3.8, 4) is 0 Å². The summed E-state index contributed by atoms with van der Waals surface area (Å²) in [6.07, 6.45) is -0.667. The van der Waals surface area contributed by atoms with Gasteiger partial charge in [0, 0.05) is 18.2 Å². The molecule has 2 rings (SSSR count). The Hall–Kier alpha value is -1.46. The number of aliphatic hydroxyl groups is 1. The van der Waals surface area contributed by atoms with Gasteiger partial charge in [-0.2, -0.15) is 0 Å². The van der Waals surface area contributed by atoms with E-state index in [2.05, 4.69) is 10.3 Å². The van der Waals surface area contributed by atoms with Gasteiger partial charge in [0.1, 0.15) is 5.52 Å². The van der Waals surface area contributed by atoms with Gasteiger partial charge in [-0.3, -0.25) is 0 Å². The van der Waals surface area contributed by atoms with Crippen molar-refractivity contribution < 1.29 is 5.11 Å². The second-order valence-electron chi connectivity index (χ2n) is 4.09. The van der Waals surface area contributed by atoms with E-state index < -0.39 is 6.10 Å². The fraction of sp³-hybridized carbons (Fsp3) is 0.455. The number of aromatic nitrogens is 3. The number of benzene rings is 1. The Morgan fingerprint density at radius 2 is 2.19 bits per heavy atom. The quantitative estimate of drug-likeness (QED) is 0.809. The molecule has 3 N–H and O–H groups in total. The molecule has 0 saturated heterocycles. The number of nitrogens with zero attached hydrogens (tertiary/aromatic N) is 3. The lowest BCUT2D eigenvalue weighted by Crippen LogP contribution is -2.13. The minimum absolute atomic E-state index is 0.197. The number of aliphatic hydroxyl groups excluding tert-OH is 1. The molecule has 1 unspecified atom stereocenters. The maximum absolute atomic E-state index is 9.86. The van der Waals surface area contributed by atoms with Crippen molar-refractivity contribution in [1.82, 2.24) is 15.0 Å². The minimum Gasteiger partial charge on any atom is -0.387 e. The van der Waals surface area contributed by atoms with Crippen molar-refractivity contribution >= 4 is 11.0 Å². The number of rotatable bonds is 3. The Kier molecular flexibility index (Phi) is 2.89. The highest BCUT2D eigenvalue weighted by atomic mass is 16.3. The van der Waals surface area contributed by atoms with Crippen LogP contribution < -0.4 is 5.73 Å². The topological polar surface area (TPSA) is 77.0 Å². The van der Waals surface area contributed by atoms with Gasteiger partial charge in [-0.25, -0.2) is 4.68 Å². The average molecular weight is 220 g/mol. The molecule has 0 amide bonds. The zero-order chi connectivity index (χ0) is 11.7. The molecule has 0 saturated carbocycles. The first kappa shape index (κ1) is 11.0. The minimum atomic E-state index is -0.667. The van der Waals surface area contributed by atoms with Gasteiger partial charge in [-0.05, 0) is 19.9 Å². The molecule has 1 atom stereocenters. The molecule has 0 aliphatic rings. The summed E-state index contributed by atoms with van der Waals surface area (Å²) in [5, 5.41) is 18.0. The molecule has 5 nitrogen and oxygen atoms in total. The van der Waals surface area contributed by atoms with Crippen LogP contribution >= 0.6 is 0 Å². The Balaban J connectivity index is 2.68. The molecule has 0 fully saturated rings. The van der Waals surface area contributed by atoms with Crippen LogP contribution in [0, 0.1) is 0 Å². The molecule has 2 aromatic rings. The van der Waals surface area contributed by atoms with Crippen molar-refractivity contribution in [2.24, 2.45) is 5.73 Å². The molecular weight excluding hydrogens is 204 g/mol. The molecule has 1 aromatic heterocycles. The molecule has 16 heavy (non-hydrogen) atoms. The summed E-state index contributed by atoms with van der Waals surface area (Å²) in [6.45, 7) is 4.25. The lowest BCUT2D eigenvalue weighted by Gasteiger charge is -2.12. The molecule has 86 valence electrons. The van der Waals surface area contributed by atoms with Gasteiger partial charge in [0.25, 0.3) is 0 Å². The van der Waals surface area contributed by atoms with Crippen LogP contribution in [-0.4, -0.2) is 26.6 Å². The van der Waals surface area contributed by atoms with Gasteiger partial charge < -0.3 is 10.8 Å². The molecule has 5 heteroatoms. The Labute approximate surface area is 93.9 Å². The maximum Gasteiger partial charge on any atom is 0.113 e. The van der Waals surface area contributed by atoms with E-state index in [1.54, 1.807) is 0 Å². The fourth-order valence-corrected chi connectivity index (χ4v) is 1.78. The van der Waals surface area contributed by atoms with E-state index in [0.717, 1.165) is 16.6 Å². The highest BCUT2D eigenvalue weighted by Gasteiger charge is 2.15. The smallest absolute Gasteiger partial charge is 0.113 e. The fourth-order valence-electron chi connectivity index (χ4n) is 1.78. The van der Waals surface area contributed by atoms with Crippen molar-refractivity contribution in [3.05, 3.63) is 23.8 Å². The number of hydrogen-bond donors (Lipinski definition) is 2. The van der Waals surface area contributed by atoms with E-state index in [9.17, 15) is 5.11 Å². The van der Waals surface area contributed by atoms with Gasteiger partial charge in [0.15, 0.2) is 0 Å². The third-order valence-corrected chi connectivity index (χ3v) is 2.60. The third-order valence-electron chi connectivity index (χ3n) is 2.60. The second-order valence-corrected chi connectivity index (χ2v) is 4.09. The van der Waals surface area contributed by atoms with Gasteiger partial charge in [-0.15, -0.1) is 5.10 Å². The molecule has 0 radical (unpaired) electrons. The van der Waals surface area contributed by atoms with Crippen LogP contribution in [0.4, 0.5) is 0 Å². The predicted octanol–water partition coefficient (Wildman–Crippen LogP) is 1.00. The van der Waals surface area contributed by atoms with E-state index >= 15 is 0 Å². The SMILES string of the molecule is CC(C)n1nnc2cccc(C(O)CN)c21. The predicted molar refractivity (Wildman–Crippen MR) is 61.9 cm³/mol. The monoisotopic (exact) mass is 220 g/mol. The Bertz CT molecular complexity index is 492. The lowest BCUT2D eigenvalue weighted by molar-refractivity contribution is 0.187. The van der Waals surface area contributed by atoms with Crippen molar-refractivity contribution in [2.45, 2.75) is 26.0 Å². The van der Waals surface area contributed by atoms with E-state index in [1.807, 2.05) is 36.7 Å². The summed E-state index contributed by atoms with van der Waals surface area (Å²) in [6, 6.07) is 5.81. The van der Waals surface area contributed by atoms with Gasteiger partial charge in [0.05, 0.1) is 11.6 Å². The van der Waals surface area contributed by atoms with Crippen LogP contribution in [0.3, 0.4) is 0 Å². The lowest BCUT2D eigenvalue weighted by atomic mass is 10.1.